The topological polar surface area (TPSA) is 83.5 Å². The van der Waals surface area contributed by atoms with E-state index in [0.717, 1.165) is 83.8 Å². The fraction of sp³-hybridized carbons (Fsp3) is 0.953. The Morgan fingerprint density at radius 3 is 1.02 bits per heavy atom. The summed E-state index contributed by atoms with van der Waals surface area (Å²) in [5, 5.41) is 0. The minimum atomic E-state index is -0.508. The van der Waals surface area contributed by atoms with E-state index in [1.807, 2.05) is 0 Å². The Hall–Kier alpha value is -1.54. The van der Waals surface area contributed by atoms with Crippen LogP contribution in [0, 0.1) is 0 Å². The van der Waals surface area contributed by atoms with Crippen molar-refractivity contribution in [3.8, 4) is 0 Å². The molecule has 0 N–H and O–H groups in total. The monoisotopic (exact) mass is 728 g/mol. The standard InChI is InChI=1S/C43H85NO7/c1-5-7-9-11-15-21-28-37-48-42(45)50-39-30-23-17-13-19-25-33-41(47-36-32-27-35-44(3)4)34-26-20-14-18-24-31-40-51-43(46)49-38-29-22-16-12-10-8-6-2/h41H,5-40H2,1-4H3. The van der Waals surface area contributed by atoms with Crippen LogP contribution in [-0.2, 0) is 23.7 Å². The predicted molar refractivity (Wildman–Crippen MR) is 213 cm³/mol. The van der Waals surface area contributed by atoms with Gasteiger partial charge in [-0.15, -0.1) is 0 Å². The highest BCUT2D eigenvalue weighted by atomic mass is 16.7. The molecular weight excluding hydrogens is 642 g/mol. The number of ether oxygens (including phenoxy) is 5. The molecule has 51 heavy (non-hydrogen) atoms. The Morgan fingerprint density at radius 2 is 0.686 bits per heavy atom. The fourth-order valence-corrected chi connectivity index (χ4v) is 6.28. The highest BCUT2D eigenvalue weighted by Gasteiger charge is 2.10. The number of carbonyl (C=O) groups excluding carboxylic acids is 2. The lowest BCUT2D eigenvalue weighted by Crippen LogP contribution is -2.16. The van der Waals surface area contributed by atoms with Crippen molar-refractivity contribution in [2.45, 2.75) is 213 Å². The van der Waals surface area contributed by atoms with E-state index in [9.17, 15) is 9.59 Å². The van der Waals surface area contributed by atoms with Gasteiger partial charge >= 0.3 is 12.3 Å². The Balaban J connectivity index is 3.85. The van der Waals surface area contributed by atoms with Gasteiger partial charge in [-0.3, -0.25) is 0 Å². The zero-order valence-electron chi connectivity index (χ0n) is 34.3. The Bertz CT molecular complexity index is 670. The zero-order chi connectivity index (χ0) is 37.3. The summed E-state index contributed by atoms with van der Waals surface area (Å²) in [6, 6.07) is 0. The van der Waals surface area contributed by atoms with Crippen LogP contribution in [0.2, 0.25) is 0 Å². The minimum Gasteiger partial charge on any atom is -0.434 e. The first-order valence-electron chi connectivity index (χ1n) is 21.8. The SMILES string of the molecule is CCCCCCCCCOC(=O)OCCCCCCCCC(CCCCCCCCOC(=O)OCCCCCCCCC)OCCCCN(C)C. The molecule has 0 heterocycles. The summed E-state index contributed by atoms with van der Waals surface area (Å²) in [6.07, 6.45) is 34.6. The van der Waals surface area contributed by atoms with Crippen LogP contribution in [0.1, 0.15) is 206 Å². The quantitative estimate of drug-likeness (QED) is 0.0456. The molecule has 0 aromatic carbocycles. The van der Waals surface area contributed by atoms with Gasteiger partial charge in [0.2, 0.25) is 0 Å². The molecule has 0 atom stereocenters. The van der Waals surface area contributed by atoms with Crippen LogP contribution in [-0.4, -0.2) is 77.0 Å². The Morgan fingerprint density at radius 1 is 0.392 bits per heavy atom. The highest BCUT2D eigenvalue weighted by Crippen LogP contribution is 2.18. The molecule has 0 rings (SSSR count). The average molecular weight is 728 g/mol. The number of carbonyl (C=O) groups is 2. The van der Waals surface area contributed by atoms with Crippen LogP contribution in [0.3, 0.4) is 0 Å². The normalized spacial score (nSPS) is 11.4. The summed E-state index contributed by atoms with van der Waals surface area (Å²) in [5.74, 6) is 0. The second-order valence-corrected chi connectivity index (χ2v) is 15.0. The van der Waals surface area contributed by atoms with Crippen LogP contribution < -0.4 is 0 Å². The van der Waals surface area contributed by atoms with Crippen molar-refractivity contribution in [2.24, 2.45) is 0 Å². The van der Waals surface area contributed by atoms with Crippen LogP contribution >= 0.6 is 0 Å². The van der Waals surface area contributed by atoms with Crippen LogP contribution in [0.5, 0.6) is 0 Å². The van der Waals surface area contributed by atoms with Gasteiger partial charge < -0.3 is 28.6 Å². The molecule has 8 nitrogen and oxygen atoms in total. The van der Waals surface area contributed by atoms with E-state index in [-0.39, 0.29) is 0 Å². The van der Waals surface area contributed by atoms with Crippen molar-refractivity contribution in [1.82, 2.24) is 4.90 Å². The van der Waals surface area contributed by atoms with Crippen LogP contribution in [0.15, 0.2) is 0 Å². The number of hydrogen-bond donors (Lipinski definition) is 0. The Kier molecular flexibility index (Phi) is 40.0. The molecule has 0 saturated carbocycles. The smallest absolute Gasteiger partial charge is 0.434 e. The molecule has 0 aliphatic carbocycles. The second kappa shape index (κ2) is 41.2. The van der Waals surface area contributed by atoms with Gasteiger partial charge in [0.15, 0.2) is 0 Å². The van der Waals surface area contributed by atoms with Gasteiger partial charge in [-0.2, -0.15) is 0 Å². The molecule has 0 aromatic heterocycles. The molecule has 0 aliphatic heterocycles. The third-order valence-electron chi connectivity index (χ3n) is 9.57. The molecule has 0 bridgehead atoms. The van der Waals surface area contributed by atoms with Gasteiger partial charge in [0.25, 0.3) is 0 Å². The van der Waals surface area contributed by atoms with Gasteiger partial charge in [-0.05, 0) is 72.0 Å². The molecule has 0 saturated heterocycles. The lowest BCUT2D eigenvalue weighted by molar-refractivity contribution is 0.0353. The summed E-state index contributed by atoms with van der Waals surface area (Å²) >= 11 is 0. The van der Waals surface area contributed by atoms with E-state index in [2.05, 4.69) is 32.8 Å². The first kappa shape index (κ1) is 49.5. The first-order valence-corrected chi connectivity index (χ1v) is 21.8. The van der Waals surface area contributed by atoms with Crippen LogP contribution in [0.4, 0.5) is 9.59 Å². The number of hydrogen-bond acceptors (Lipinski definition) is 8. The van der Waals surface area contributed by atoms with E-state index >= 15 is 0 Å². The largest absolute Gasteiger partial charge is 0.508 e. The third kappa shape index (κ3) is 41.1. The van der Waals surface area contributed by atoms with Crippen molar-refractivity contribution in [1.29, 1.82) is 0 Å². The van der Waals surface area contributed by atoms with Crippen molar-refractivity contribution < 1.29 is 33.3 Å². The molecule has 0 amide bonds. The zero-order valence-corrected chi connectivity index (χ0v) is 34.3. The predicted octanol–water partition coefficient (Wildman–Crippen LogP) is 13.0. The summed E-state index contributed by atoms with van der Waals surface area (Å²) in [6.45, 7) is 8.31. The maximum atomic E-state index is 11.8. The summed E-state index contributed by atoms with van der Waals surface area (Å²) in [4.78, 5) is 25.8. The molecule has 0 aliphatic rings. The average Bonchev–Trinajstić information content (AvgIpc) is 3.11. The van der Waals surface area contributed by atoms with Crippen LogP contribution in [0.25, 0.3) is 0 Å². The molecule has 304 valence electrons. The summed E-state index contributed by atoms with van der Waals surface area (Å²) in [7, 11) is 4.26. The second-order valence-electron chi connectivity index (χ2n) is 15.0. The van der Waals surface area contributed by atoms with Gasteiger partial charge in [-0.25, -0.2) is 9.59 Å². The number of rotatable bonds is 40. The van der Waals surface area contributed by atoms with E-state index < -0.39 is 12.3 Å². The number of unbranched alkanes of at least 4 members (excludes halogenated alkanes) is 23. The molecule has 0 radical (unpaired) electrons. The van der Waals surface area contributed by atoms with Gasteiger partial charge in [0.05, 0.1) is 32.5 Å². The maximum Gasteiger partial charge on any atom is 0.508 e. The number of nitrogens with zero attached hydrogens (tertiary/aromatic N) is 1. The molecular formula is C43H85NO7. The summed E-state index contributed by atoms with van der Waals surface area (Å²) < 4.78 is 27.3. The van der Waals surface area contributed by atoms with Crippen molar-refractivity contribution >= 4 is 12.3 Å². The van der Waals surface area contributed by atoms with E-state index in [1.54, 1.807) is 0 Å². The van der Waals surface area contributed by atoms with Crippen molar-refractivity contribution in [3.63, 3.8) is 0 Å². The molecule has 0 fully saturated rings. The van der Waals surface area contributed by atoms with E-state index in [0.29, 0.717) is 32.5 Å². The highest BCUT2D eigenvalue weighted by molar-refractivity contribution is 5.60. The van der Waals surface area contributed by atoms with E-state index in [1.165, 1.54) is 122 Å². The van der Waals surface area contributed by atoms with E-state index in [4.69, 9.17) is 23.7 Å². The lowest BCUT2D eigenvalue weighted by Gasteiger charge is -2.18. The third-order valence-corrected chi connectivity index (χ3v) is 9.57. The molecule has 0 unspecified atom stereocenters. The summed E-state index contributed by atoms with van der Waals surface area (Å²) in [5.41, 5.74) is 0. The molecule has 0 spiro atoms. The molecule has 0 aromatic rings. The van der Waals surface area contributed by atoms with Gasteiger partial charge in [0.1, 0.15) is 0 Å². The van der Waals surface area contributed by atoms with Gasteiger partial charge in [0, 0.05) is 6.61 Å². The van der Waals surface area contributed by atoms with Crippen molar-refractivity contribution in [2.75, 3.05) is 53.7 Å². The maximum absolute atomic E-state index is 11.8. The Labute approximate surface area is 316 Å². The minimum absolute atomic E-state index is 0.366. The van der Waals surface area contributed by atoms with Crippen molar-refractivity contribution in [3.05, 3.63) is 0 Å². The molecule has 8 heteroatoms. The fourth-order valence-electron chi connectivity index (χ4n) is 6.28. The first-order chi connectivity index (χ1) is 25.0. The van der Waals surface area contributed by atoms with Gasteiger partial charge in [-0.1, -0.05) is 155 Å². The lowest BCUT2D eigenvalue weighted by atomic mass is 10.0.